The van der Waals surface area contributed by atoms with Gasteiger partial charge in [-0.3, -0.25) is 9.69 Å². The summed E-state index contributed by atoms with van der Waals surface area (Å²) in [6, 6.07) is 6.75. The molecule has 0 saturated heterocycles. The third kappa shape index (κ3) is 7.47. The van der Waals surface area contributed by atoms with E-state index in [4.69, 9.17) is 14.2 Å². The van der Waals surface area contributed by atoms with E-state index in [2.05, 4.69) is 0 Å². The van der Waals surface area contributed by atoms with Crippen molar-refractivity contribution >= 4 is 23.7 Å². The molecule has 1 unspecified atom stereocenters. The number of rotatable bonds is 8. The summed E-state index contributed by atoms with van der Waals surface area (Å²) in [7, 11) is 2.57. The summed E-state index contributed by atoms with van der Waals surface area (Å²) in [6.07, 6.45) is -1.53. The lowest BCUT2D eigenvalue weighted by molar-refractivity contribution is -0.148. The number of esters is 1. The Bertz CT molecular complexity index is 1400. The van der Waals surface area contributed by atoms with Gasteiger partial charge < -0.3 is 19.1 Å². The molecule has 1 heterocycles. The molecule has 1 saturated carbocycles. The number of methoxy groups -OCH3 is 1. The highest BCUT2D eigenvalue weighted by Crippen LogP contribution is 2.42. The Balaban J connectivity index is 1.47. The Morgan fingerprint density at radius 3 is 2.36 bits per heavy atom. The molecule has 0 spiro atoms. The molecule has 2 aromatic carbocycles. The van der Waals surface area contributed by atoms with Crippen LogP contribution in [0.3, 0.4) is 0 Å². The maximum atomic E-state index is 13.9. The van der Waals surface area contributed by atoms with E-state index in [9.17, 15) is 27.6 Å². The fourth-order valence-corrected chi connectivity index (χ4v) is 5.99. The van der Waals surface area contributed by atoms with Crippen LogP contribution in [0.5, 0.6) is 5.75 Å². The van der Waals surface area contributed by atoms with Crippen LogP contribution in [-0.2, 0) is 38.3 Å². The molecule has 0 radical (unpaired) electrons. The van der Waals surface area contributed by atoms with E-state index >= 15 is 0 Å². The van der Waals surface area contributed by atoms with Crippen molar-refractivity contribution in [2.24, 2.45) is 0 Å². The normalized spacial score (nSPS) is 16.0. The summed E-state index contributed by atoms with van der Waals surface area (Å²) in [5, 5.41) is 0. The molecule has 2 amide bonds. The van der Waals surface area contributed by atoms with Gasteiger partial charge in [-0.2, -0.15) is 13.2 Å². The predicted molar refractivity (Wildman–Crippen MR) is 159 cm³/mol. The highest BCUT2D eigenvalue weighted by atomic mass is 19.4. The van der Waals surface area contributed by atoms with Gasteiger partial charge in [-0.15, -0.1) is 0 Å². The van der Waals surface area contributed by atoms with Crippen molar-refractivity contribution in [3.63, 3.8) is 0 Å². The highest BCUT2D eigenvalue weighted by Gasteiger charge is 2.37. The number of hydrogen-bond donors (Lipinski definition) is 0. The number of nitrogens with zero attached hydrogens (tertiary/aromatic N) is 2. The van der Waals surface area contributed by atoms with Gasteiger partial charge in [0.1, 0.15) is 24.0 Å². The number of carbonyl (C=O) groups is 3. The molecule has 4 rings (SSSR count). The predicted octanol–water partition coefficient (Wildman–Crippen LogP) is 6.94. The second kappa shape index (κ2) is 13.1. The van der Waals surface area contributed by atoms with Crippen molar-refractivity contribution < 1.29 is 41.8 Å². The van der Waals surface area contributed by atoms with E-state index in [0.717, 1.165) is 41.7 Å². The van der Waals surface area contributed by atoms with Crippen LogP contribution in [0.4, 0.5) is 23.7 Å². The molecule has 1 aliphatic carbocycles. The summed E-state index contributed by atoms with van der Waals surface area (Å²) in [5.41, 5.74) is 1.73. The number of halogens is 3. The lowest BCUT2D eigenvalue weighted by Crippen LogP contribution is -2.48. The van der Waals surface area contributed by atoms with Gasteiger partial charge in [0.2, 0.25) is 5.91 Å². The van der Waals surface area contributed by atoms with Gasteiger partial charge in [0.25, 0.3) is 0 Å². The van der Waals surface area contributed by atoms with Crippen LogP contribution < -0.4 is 9.64 Å². The maximum Gasteiger partial charge on any atom is 0.416 e. The minimum Gasteiger partial charge on any atom is -0.489 e. The first kappa shape index (κ1) is 33.1. The largest absolute Gasteiger partial charge is 0.489 e. The van der Waals surface area contributed by atoms with E-state index in [1.807, 2.05) is 6.92 Å². The van der Waals surface area contributed by atoms with Gasteiger partial charge in [0, 0.05) is 19.3 Å². The van der Waals surface area contributed by atoms with Gasteiger partial charge in [-0.1, -0.05) is 25.0 Å². The molecule has 1 fully saturated rings. The van der Waals surface area contributed by atoms with Gasteiger partial charge in [-0.05, 0) is 93.3 Å². The summed E-state index contributed by atoms with van der Waals surface area (Å²) in [6.45, 7) is 7.27. The average molecular weight is 619 g/mol. The van der Waals surface area contributed by atoms with Crippen molar-refractivity contribution in [1.29, 1.82) is 0 Å². The SMILES string of the molecule is COC(=O)C(CC(=O)N1CCc2c1ccc(OCc1ccc(C3CCCC3)c(C(F)(F)F)c1)c2C)N(C)C(=O)OC(C)(C)C. The van der Waals surface area contributed by atoms with Crippen LogP contribution in [0, 0.1) is 6.92 Å². The smallest absolute Gasteiger partial charge is 0.416 e. The fourth-order valence-electron chi connectivity index (χ4n) is 5.99. The van der Waals surface area contributed by atoms with Crippen LogP contribution in [0.25, 0.3) is 0 Å². The first-order valence-corrected chi connectivity index (χ1v) is 14.9. The Morgan fingerprint density at radius 2 is 1.75 bits per heavy atom. The zero-order chi connectivity index (χ0) is 32.4. The number of ether oxygens (including phenoxy) is 3. The average Bonchev–Trinajstić information content (AvgIpc) is 3.64. The van der Waals surface area contributed by atoms with Crippen molar-refractivity contribution in [3.8, 4) is 5.75 Å². The second-order valence-electron chi connectivity index (χ2n) is 12.5. The zero-order valence-electron chi connectivity index (χ0n) is 26.2. The van der Waals surface area contributed by atoms with Crippen LogP contribution >= 0.6 is 0 Å². The Kier molecular flexibility index (Phi) is 9.85. The molecule has 240 valence electrons. The standard InChI is InChI=1S/C33H41F3N2O6/c1-20-23-15-16-38(29(39)18-27(30(40)42-6)37(5)31(41)44-32(2,3)4)26(23)13-14-28(20)43-19-21-11-12-24(22-9-7-8-10-22)25(17-21)33(34,35)36/h11-14,17,22,27H,7-10,15-16,18-19H2,1-6H3. The third-order valence-corrected chi connectivity index (χ3v) is 8.30. The first-order chi connectivity index (χ1) is 20.6. The summed E-state index contributed by atoms with van der Waals surface area (Å²) in [4.78, 5) is 41.2. The van der Waals surface area contributed by atoms with Gasteiger partial charge in [-0.25, -0.2) is 9.59 Å². The van der Waals surface area contributed by atoms with E-state index in [-0.39, 0.29) is 24.9 Å². The molecule has 0 bridgehead atoms. The topological polar surface area (TPSA) is 85.4 Å². The van der Waals surface area contributed by atoms with Gasteiger partial charge >= 0.3 is 18.2 Å². The molecule has 1 atom stereocenters. The van der Waals surface area contributed by atoms with Crippen LogP contribution in [-0.4, -0.2) is 55.2 Å². The zero-order valence-corrected chi connectivity index (χ0v) is 26.2. The molecule has 0 N–H and O–H groups in total. The molecule has 11 heteroatoms. The van der Waals surface area contributed by atoms with E-state index in [1.54, 1.807) is 49.9 Å². The molecule has 2 aromatic rings. The Hall–Kier alpha value is -3.76. The van der Waals surface area contributed by atoms with E-state index < -0.39 is 35.4 Å². The maximum absolute atomic E-state index is 13.9. The number of hydrogen-bond acceptors (Lipinski definition) is 6. The Morgan fingerprint density at radius 1 is 1.07 bits per heavy atom. The summed E-state index contributed by atoms with van der Waals surface area (Å²) >= 11 is 0. The van der Waals surface area contributed by atoms with Crippen LogP contribution in [0.15, 0.2) is 30.3 Å². The lowest BCUT2D eigenvalue weighted by Gasteiger charge is -2.30. The number of benzene rings is 2. The van der Waals surface area contributed by atoms with Crippen molar-refractivity contribution in [2.75, 3.05) is 25.6 Å². The molecular weight excluding hydrogens is 577 g/mol. The lowest BCUT2D eigenvalue weighted by atomic mass is 9.91. The van der Waals surface area contributed by atoms with Gasteiger partial charge in [0.15, 0.2) is 0 Å². The number of amides is 2. The molecule has 1 aliphatic heterocycles. The second-order valence-corrected chi connectivity index (χ2v) is 12.5. The van der Waals surface area contributed by atoms with Crippen LogP contribution in [0.1, 0.15) is 86.6 Å². The minimum absolute atomic E-state index is 0.0336. The minimum atomic E-state index is -4.44. The molecule has 44 heavy (non-hydrogen) atoms. The molecule has 2 aliphatic rings. The van der Waals surface area contributed by atoms with E-state index in [1.165, 1.54) is 20.2 Å². The first-order valence-electron chi connectivity index (χ1n) is 14.9. The third-order valence-electron chi connectivity index (χ3n) is 8.30. The van der Waals surface area contributed by atoms with Crippen molar-refractivity contribution in [3.05, 3.63) is 58.1 Å². The van der Waals surface area contributed by atoms with Crippen LogP contribution in [0.2, 0.25) is 0 Å². The van der Waals surface area contributed by atoms with Crippen molar-refractivity contribution in [2.45, 2.75) is 96.6 Å². The number of fused-ring (bicyclic) bond motifs is 1. The number of carbonyl (C=O) groups excluding carboxylic acids is 3. The molecule has 0 aromatic heterocycles. The fraction of sp³-hybridized carbons (Fsp3) is 0.545. The number of anilines is 1. The summed E-state index contributed by atoms with van der Waals surface area (Å²) < 4.78 is 58.0. The Labute approximate surface area is 256 Å². The molecule has 8 nitrogen and oxygen atoms in total. The van der Waals surface area contributed by atoms with Crippen molar-refractivity contribution in [1.82, 2.24) is 4.90 Å². The quantitative estimate of drug-likeness (QED) is 0.298. The van der Waals surface area contributed by atoms with Gasteiger partial charge in [0.05, 0.1) is 19.1 Å². The monoisotopic (exact) mass is 618 g/mol. The summed E-state index contributed by atoms with van der Waals surface area (Å²) in [5.74, 6) is -0.656. The highest BCUT2D eigenvalue weighted by molar-refractivity contribution is 5.99. The molecular formula is C33H41F3N2O6. The van der Waals surface area contributed by atoms with E-state index in [0.29, 0.717) is 35.5 Å². The number of likely N-dealkylation sites (N-methyl/N-ethyl adjacent to an activating group) is 1. The number of alkyl halides is 3.